The first-order valence-corrected chi connectivity index (χ1v) is 4.73. The van der Waals surface area contributed by atoms with Gasteiger partial charge in [-0.2, -0.15) is 0 Å². The minimum atomic E-state index is -5.31. The van der Waals surface area contributed by atoms with Crippen LogP contribution in [0.5, 0.6) is 0 Å². The van der Waals surface area contributed by atoms with Gasteiger partial charge in [0.25, 0.3) is 5.09 Å². The zero-order valence-electron chi connectivity index (χ0n) is 7.10. The van der Waals surface area contributed by atoms with E-state index in [0.29, 0.717) is 0 Å². The predicted molar refractivity (Wildman–Crippen MR) is 35.4 cm³/mol. The molecule has 0 bridgehead atoms. The number of nitrogens with zero attached hydrogens (tertiary/aromatic N) is 1. The van der Waals surface area contributed by atoms with Crippen LogP contribution in [-0.4, -0.2) is 36.2 Å². The molecule has 0 amide bonds. The van der Waals surface area contributed by atoms with Gasteiger partial charge in [-0.15, -0.1) is 18.8 Å². The first kappa shape index (κ1) is 30.4. The maximum atomic E-state index is 9.37. The minimum absolute atomic E-state index is 0. The normalized spacial score (nSPS) is 9.29. The molecule has 0 aromatic heterocycles. The minimum Gasteiger partial charge on any atom is -0.724 e. The van der Waals surface area contributed by atoms with Crippen LogP contribution < -0.4 is 6.15 Å². The van der Waals surface area contributed by atoms with Gasteiger partial charge in [-0.3, -0.25) is 0 Å². The summed E-state index contributed by atoms with van der Waals surface area (Å²) < 4.78 is 61.5. The molecule has 0 aromatic rings. The molecule has 0 aliphatic heterocycles. The van der Waals surface area contributed by atoms with Crippen LogP contribution in [0.25, 0.3) is 0 Å². The third kappa shape index (κ3) is 62.2. The van der Waals surface area contributed by atoms with Gasteiger partial charge in [0, 0.05) is 0 Å². The monoisotopic (exact) mass is 486 g/mol. The summed E-state index contributed by atoms with van der Waals surface area (Å²) in [7, 11) is -10.6. The third-order valence-corrected chi connectivity index (χ3v) is 0.750. The smallest absolute Gasteiger partial charge is 0.724 e. The van der Waals surface area contributed by atoms with E-state index in [-0.39, 0.29) is 50.9 Å². The molecular weight excluding hydrogens is 484 g/mol. The van der Waals surface area contributed by atoms with Gasteiger partial charge in [-0.05, 0) is 0 Å². The predicted octanol–water partition coefficient (Wildman–Crippen LogP) is -2.34. The van der Waals surface area contributed by atoms with Gasteiger partial charge in [0.05, 0.1) is 0 Å². The number of rotatable bonds is 3. The number of hydrogen-bond acceptors (Lipinski definition) is 11. The fourth-order valence-electron chi connectivity index (χ4n) is 0.0680. The molecule has 13 nitrogen and oxygen atoms in total. The summed E-state index contributed by atoms with van der Waals surface area (Å²) in [5, 5.41) is 13.6. The van der Waals surface area contributed by atoms with Gasteiger partial charge in [-0.25, -0.2) is 16.8 Å². The second-order valence-corrected chi connectivity index (χ2v) is 3.10. The Labute approximate surface area is 126 Å². The Balaban J connectivity index is -0.0000000607. The molecule has 17 heteroatoms. The van der Waals surface area contributed by atoms with E-state index in [1.54, 1.807) is 0 Å². The van der Waals surface area contributed by atoms with Crippen LogP contribution in [0.1, 0.15) is 0 Å². The summed E-state index contributed by atoms with van der Waals surface area (Å²) in [5.41, 5.74) is 0. The molecule has 0 saturated heterocycles. The molecule has 0 aliphatic rings. The maximum absolute atomic E-state index is 9.37. The van der Waals surface area contributed by atoms with Crippen LogP contribution in [0.4, 0.5) is 0 Å². The van der Waals surface area contributed by atoms with E-state index in [9.17, 15) is 25.9 Å². The van der Waals surface area contributed by atoms with Gasteiger partial charge in [0.2, 0.25) is 20.8 Å². The molecular formula is H4Ag2N2O11S2. The van der Waals surface area contributed by atoms with Crippen molar-refractivity contribution in [3.63, 3.8) is 0 Å². The van der Waals surface area contributed by atoms with E-state index in [0.717, 1.165) is 0 Å². The molecule has 0 fully saturated rings. The molecule has 114 valence electrons. The van der Waals surface area contributed by atoms with Gasteiger partial charge in [0.15, 0.2) is 0 Å². The van der Waals surface area contributed by atoms with Crippen LogP contribution in [0.2, 0.25) is 0 Å². The Kier molecular flexibility index (Phi) is 23.0. The van der Waals surface area contributed by atoms with Gasteiger partial charge >= 0.3 is 44.8 Å². The van der Waals surface area contributed by atoms with Crippen LogP contribution in [0, 0.1) is 10.1 Å². The quantitative estimate of drug-likeness (QED) is 0.106. The Morgan fingerprint density at radius 1 is 0.941 bits per heavy atom. The van der Waals surface area contributed by atoms with E-state index in [1.165, 1.54) is 0 Å². The van der Waals surface area contributed by atoms with Crippen molar-refractivity contribution >= 4 is 20.8 Å². The van der Waals surface area contributed by atoms with Crippen molar-refractivity contribution in [3.05, 3.63) is 10.1 Å². The molecule has 0 heterocycles. The molecule has 0 rings (SSSR count). The van der Waals surface area contributed by atoms with Gasteiger partial charge < -0.3 is 20.5 Å². The van der Waals surface area contributed by atoms with E-state index >= 15 is 0 Å². The molecule has 0 atom stereocenters. The second kappa shape index (κ2) is 12.8. The fourth-order valence-corrected chi connectivity index (χ4v) is 0.612. The van der Waals surface area contributed by atoms with Crippen LogP contribution in [-0.2, 0) is 74.2 Å². The SMILES string of the molecule is N.O=S(=O)([O-])OOS(=O)(=O)[O-].O=[N+]([O-])O.[Ag+].[Ag+]. The average Bonchev–Trinajstić information content (AvgIpc) is 1.79. The van der Waals surface area contributed by atoms with E-state index < -0.39 is 25.9 Å². The summed E-state index contributed by atoms with van der Waals surface area (Å²) in [6.45, 7) is 0. The van der Waals surface area contributed by atoms with Crippen molar-refractivity contribution < 1.29 is 89.7 Å². The van der Waals surface area contributed by atoms with E-state index in [2.05, 4.69) is 8.67 Å². The molecule has 0 radical (unpaired) electrons. The second-order valence-electron chi connectivity index (χ2n) is 1.19. The average molecular weight is 488 g/mol. The first-order valence-electron chi connectivity index (χ1n) is 2.07. The Hall–Kier alpha value is 0.381. The molecule has 0 aliphatic carbocycles. The van der Waals surface area contributed by atoms with Crippen LogP contribution in [0.15, 0.2) is 0 Å². The molecule has 0 saturated carbocycles. The first-order chi connectivity index (χ1) is 5.94. The van der Waals surface area contributed by atoms with Gasteiger partial charge in [-0.1, -0.05) is 0 Å². The van der Waals surface area contributed by atoms with E-state index in [1.807, 2.05) is 0 Å². The summed E-state index contributed by atoms with van der Waals surface area (Å²) >= 11 is 0. The maximum Gasteiger partial charge on any atom is 1.00 e. The fraction of sp³-hybridized carbons (Fsp3) is 0. The van der Waals surface area contributed by atoms with E-state index in [4.69, 9.17) is 15.3 Å². The van der Waals surface area contributed by atoms with Crippen molar-refractivity contribution in [2.75, 3.05) is 0 Å². The largest absolute Gasteiger partial charge is 1.00 e. The van der Waals surface area contributed by atoms with Gasteiger partial charge in [0.1, 0.15) is 0 Å². The molecule has 0 aromatic carbocycles. The summed E-state index contributed by atoms with van der Waals surface area (Å²) in [4.78, 5) is 8.36. The van der Waals surface area contributed by atoms with Crippen molar-refractivity contribution in [1.82, 2.24) is 6.15 Å². The van der Waals surface area contributed by atoms with Crippen molar-refractivity contribution in [2.24, 2.45) is 0 Å². The summed E-state index contributed by atoms with van der Waals surface area (Å²) in [5.74, 6) is 0. The molecule has 4 N–H and O–H groups in total. The Bertz CT molecular complexity index is 332. The summed E-state index contributed by atoms with van der Waals surface area (Å²) in [6.07, 6.45) is 0. The number of hydrogen-bond donors (Lipinski definition) is 2. The summed E-state index contributed by atoms with van der Waals surface area (Å²) in [6, 6.07) is 0. The Morgan fingerprint density at radius 3 is 1.12 bits per heavy atom. The van der Waals surface area contributed by atoms with Crippen molar-refractivity contribution in [3.8, 4) is 0 Å². The third-order valence-electron chi connectivity index (χ3n) is 0.194. The van der Waals surface area contributed by atoms with Crippen LogP contribution in [0.3, 0.4) is 0 Å². The van der Waals surface area contributed by atoms with Crippen molar-refractivity contribution in [1.29, 1.82) is 0 Å². The standard InChI is InChI=1S/2Ag.HNO3.H3N.H2O8S2/c;;2-1(3)4;;1-9(2,3)7-8-10(4,5)6/h;;(H,2,3,4);1H3;(H,1,2,3)(H,4,5,6)/q2*+1;;;/p-2. The molecule has 0 spiro atoms. The van der Waals surface area contributed by atoms with Crippen molar-refractivity contribution in [2.45, 2.75) is 0 Å². The zero-order chi connectivity index (χ0) is 12.0. The zero-order valence-corrected chi connectivity index (χ0v) is 11.7. The topological polar surface area (TPSA) is 231 Å². The van der Waals surface area contributed by atoms with Crippen LogP contribution >= 0.6 is 0 Å². The molecule has 17 heavy (non-hydrogen) atoms. The molecule has 0 unspecified atom stereocenters. The Morgan fingerprint density at radius 2 is 1.06 bits per heavy atom.